The summed E-state index contributed by atoms with van der Waals surface area (Å²) in [5.74, 6) is -0.924. The van der Waals surface area contributed by atoms with Crippen molar-refractivity contribution in [3.05, 3.63) is 60.2 Å². The molecule has 0 radical (unpaired) electrons. The number of hydrogen-bond donors (Lipinski definition) is 3. The van der Waals surface area contributed by atoms with Crippen LogP contribution in [0.4, 0.5) is 10.5 Å². The van der Waals surface area contributed by atoms with Gasteiger partial charge in [-0.2, -0.15) is 0 Å². The molecule has 3 N–H and O–H groups in total. The first-order chi connectivity index (χ1) is 12.7. The lowest BCUT2D eigenvalue weighted by molar-refractivity contribution is -0.137. The standard InChI is InChI=1S/C19H22N2O5S/c1-27(25,26)17-10-7-15(8-11-17)20-19(24)21-16(9-12-18(22)23)13-14-5-3-2-4-6-14/h2-8,10-11,16H,9,12-13H2,1H3,(H,22,23)(H2,20,21,24). The van der Waals surface area contributed by atoms with Gasteiger partial charge in [0.05, 0.1) is 4.90 Å². The average Bonchev–Trinajstić information content (AvgIpc) is 2.60. The Morgan fingerprint density at radius 3 is 2.22 bits per heavy atom. The van der Waals surface area contributed by atoms with Crippen LogP contribution in [0.15, 0.2) is 59.5 Å². The van der Waals surface area contributed by atoms with Crippen LogP contribution in [0.5, 0.6) is 0 Å². The summed E-state index contributed by atoms with van der Waals surface area (Å²) in [6.07, 6.45) is 1.86. The van der Waals surface area contributed by atoms with Crippen molar-refractivity contribution in [2.75, 3.05) is 11.6 Å². The lowest BCUT2D eigenvalue weighted by Crippen LogP contribution is -2.39. The van der Waals surface area contributed by atoms with Crippen molar-refractivity contribution in [1.29, 1.82) is 0 Å². The summed E-state index contributed by atoms with van der Waals surface area (Å²) in [5.41, 5.74) is 1.43. The Kier molecular flexibility index (Phi) is 6.95. The summed E-state index contributed by atoms with van der Waals surface area (Å²) in [7, 11) is -3.30. The van der Waals surface area contributed by atoms with Crippen LogP contribution in [0.2, 0.25) is 0 Å². The normalized spacial score (nSPS) is 12.2. The first-order valence-electron chi connectivity index (χ1n) is 8.37. The lowest BCUT2D eigenvalue weighted by atomic mass is 10.0. The van der Waals surface area contributed by atoms with E-state index < -0.39 is 21.8 Å². The van der Waals surface area contributed by atoms with E-state index in [0.29, 0.717) is 18.5 Å². The monoisotopic (exact) mass is 390 g/mol. The first kappa shape index (κ1) is 20.4. The smallest absolute Gasteiger partial charge is 0.319 e. The van der Waals surface area contributed by atoms with Gasteiger partial charge >= 0.3 is 12.0 Å². The van der Waals surface area contributed by atoms with Crippen molar-refractivity contribution in [2.24, 2.45) is 0 Å². The number of amides is 2. The highest BCUT2D eigenvalue weighted by atomic mass is 32.2. The average molecular weight is 390 g/mol. The van der Waals surface area contributed by atoms with Crippen molar-refractivity contribution in [2.45, 2.75) is 30.2 Å². The first-order valence-corrected chi connectivity index (χ1v) is 10.3. The van der Waals surface area contributed by atoms with Gasteiger partial charge in [0.1, 0.15) is 0 Å². The molecule has 144 valence electrons. The number of carboxylic acids is 1. The Labute approximate surface area is 158 Å². The number of carbonyl (C=O) groups excluding carboxylic acids is 1. The molecule has 27 heavy (non-hydrogen) atoms. The third-order valence-electron chi connectivity index (χ3n) is 3.91. The number of carbonyl (C=O) groups is 2. The van der Waals surface area contributed by atoms with E-state index in [0.717, 1.165) is 11.8 Å². The maximum atomic E-state index is 12.3. The Hall–Kier alpha value is -2.87. The number of benzene rings is 2. The van der Waals surface area contributed by atoms with Gasteiger partial charge < -0.3 is 15.7 Å². The summed E-state index contributed by atoms with van der Waals surface area (Å²) in [6.45, 7) is 0. The maximum Gasteiger partial charge on any atom is 0.319 e. The third kappa shape index (κ3) is 7.10. The summed E-state index contributed by atoms with van der Waals surface area (Å²) in [4.78, 5) is 23.3. The van der Waals surface area contributed by atoms with E-state index in [-0.39, 0.29) is 17.4 Å². The summed E-state index contributed by atoms with van der Waals surface area (Å²) >= 11 is 0. The highest BCUT2D eigenvalue weighted by Crippen LogP contribution is 2.14. The number of anilines is 1. The van der Waals surface area contributed by atoms with E-state index >= 15 is 0 Å². The van der Waals surface area contributed by atoms with Crippen molar-refractivity contribution < 1.29 is 23.1 Å². The van der Waals surface area contributed by atoms with Gasteiger partial charge in [-0.1, -0.05) is 30.3 Å². The molecular weight excluding hydrogens is 368 g/mol. The molecule has 0 saturated heterocycles. The van der Waals surface area contributed by atoms with Gasteiger partial charge in [-0.15, -0.1) is 0 Å². The third-order valence-corrected chi connectivity index (χ3v) is 5.04. The number of carboxylic acid groups (broad SMARTS) is 1. The molecule has 2 aromatic rings. The predicted molar refractivity (Wildman–Crippen MR) is 103 cm³/mol. The van der Waals surface area contributed by atoms with Crippen LogP contribution >= 0.6 is 0 Å². The largest absolute Gasteiger partial charge is 0.481 e. The highest BCUT2D eigenvalue weighted by Gasteiger charge is 2.15. The van der Waals surface area contributed by atoms with Gasteiger partial charge in [0.2, 0.25) is 0 Å². The molecule has 2 aromatic carbocycles. The molecule has 0 bridgehead atoms. The molecule has 0 heterocycles. The molecule has 0 aliphatic rings. The minimum Gasteiger partial charge on any atom is -0.481 e. The second kappa shape index (κ2) is 9.18. The van der Waals surface area contributed by atoms with E-state index in [4.69, 9.17) is 5.11 Å². The second-order valence-corrected chi connectivity index (χ2v) is 8.23. The summed E-state index contributed by atoms with van der Waals surface area (Å²) in [6, 6.07) is 14.5. The number of sulfone groups is 1. The SMILES string of the molecule is CS(=O)(=O)c1ccc(NC(=O)NC(CCC(=O)O)Cc2ccccc2)cc1. The zero-order valence-corrected chi connectivity index (χ0v) is 15.7. The molecule has 1 atom stereocenters. The van der Waals surface area contributed by atoms with Crippen LogP contribution in [-0.2, 0) is 21.1 Å². The van der Waals surface area contributed by atoms with Crippen LogP contribution in [0.25, 0.3) is 0 Å². The molecule has 2 amide bonds. The minimum atomic E-state index is -3.30. The molecule has 0 aromatic heterocycles. The molecule has 0 fully saturated rings. The molecule has 0 aliphatic heterocycles. The number of urea groups is 1. The molecular formula is C19H22N2O5S. The maximum absolute atomic E-state index is 12.3. The number of rotatable bonds is 8. The fraction of sp³-hybridized carbons (Fsp3) is 0.263. The number of nitrogens with one attached hydrogen (secondary N) is 2. The second-order valence-electron chi connectivity index (χ2n) is 6.21. The quantitative estimate of drug-likeness (QED) is 0.641. The van der Waals surface area contributed by atoms with Gasteiger partial charge in [0.25, 0.3) is 0 Å². The number of hydrogen-bond acceptors (Lipinski definition) is 4. The van der Waals surface area contributed by atoms with Gasteiger partial charge in [0, 0.05) is 24.4 Å². The van der Waals surface area contributed by atoms with E-state index in [2.05, 4.69) is 10.6 Å². The van der Waals surface area contributed by atoms with Gasteiger partial charge in [-0.3, -0.25) is 4.79 Å². The zero-order valence-electron chi connectivity index (χ0n) is 14.9. The van der Waals surface area contributed by atoms with Crippen LogP contribution < -0.4 is 10.6 Å². The van der Waals surface area contributed by atoms with Gasteiger partial charge in [0.15, 0.2) is 9.84 Å². The Morgan fingerprint density at radius 2 is 1.67 bits per heavy atom. The van der Waals surface area contributed by atoms with Crippen LogP contribution in [-0.4, -0.2) is 37.8 Å². The molecule has 1 unspecified atom stereocenters. The Balaban J connectivity index is 2.00. The van der Waals surface area contributed by atoms with E-state index in [1.54, 1.807) is 0 Å². The van der Waals surface area contributed by atoms with Crippen molar-refractivity contribution in [3.8, 4) is 0 Å². The Morgan fingerprint density at radius 1 is 1.04 bits per heavy atom. The van der Waals surface area contributed by atoms with E-state index in [1.807, 2.05) is 30.3 Å². The lowest BCUT2D eigenvalue weighted by Gasteiger charge is -2.19. The van der Waals surface area contributed by atoms with Crippen molar-refractivity contribution in [1.82, 2.24) is 5.32 Å². The fourth-order valence-electron chi connectivity index (χ4n) is 2.56. The molecule has 7 nitrogen and oxygen atoms in total. The molecule has 0 spiro atoms. The van der Waals surface area contributed by atoms with Crippen LogP contribution in [0, 0.1) is 0 Å². The minimum absolute atomic E-state index is 0.0547. The van der Waals surface area contributed by atoms with E-state index in [9.17, 15) is 18.0 Å². The van der Waals surface area contributed by atoms with Crippen molar-refractivity contribution >= 4 is 27.5 Å². The van der Waals surface area contributed by atoms with Crippen molar-refractivity contribution in [3.63, 3.8) is 0 Å². The zero-order chi connectivity index (χ0) is 19.9. The predicted octanol–water partition coefficient (Wildman–Crippen LogP) is 2.69. The molecule has 2 rings (SSSR count). The van der Waals surface area contributed by atoms with Crippen LogP contribution in [0.1, 0.15) is 18.4 Å². The van der Waals surface area contributed by atoms with Gasteiger partial charge in [-0.05, 0) is 42.7 Å². The van der Waals surface area contributed by atoms with E-state index in [1.165, 1.54) is 24.3 Å². The Bertz CT molecular complexity index is 880. The molecule has 0 aliphatic carbocycles. The van der Waals surface area contributed by atoms with Crippen LogP contribution in [0.3, 0.4) is 0 Å². The summed E-state index contributed by atoms with van der Waals surface area (Å²) in [5, 5.41) is 14.3. The highest BCUT2D eigenvalue weighted by molar-refractivity contribution is 7.90. The fourth-order valence-corrected chi connectivity index (χ4v) is 3.19. The molecule has 8 heteroatoms. The summed E-state index contributed by atoms with van der Waals surface area (Å²) < 4.78 is 22.9. The van der Waals surface area contributed by atoms with Gasteiger partial charge in [-0.25, -0.2) is 13.2 Å². The topological polar surface area (TPSA) is 113 Å². The molecule has 0 saturated carbocycles. The number of aliphatic carboxylic acids is 1.